The van der Waals surface area contributed by atoms with Crippen molar-refractivity contribution in [1.29, 1.82) is 0 Å². The first kappa shape index (κ1) is 21.6. The number of halogens is 1. The quantitative estimate of drug-likeness (QED) is 0.704. The molecule has 2 saturated heterocycles. The van der Waals surface area contributed by atoms with Crippen LogP contribution in [0, 0.1) is 5.92 Å². The number of ether oxygens (including phenoxy) is 2. The fourth-order valence-corrected chi connectivity index (χ4v) is 4.24. The summed E-state index contributed by atoms with van der Waals surface area (Å²) in [6.07, 6.45) is 4.10. The first-order valence-electron chi connectivity index (χ1n) is 10.6. The van der Waals surface area contributed by atoms with Gasteiger partial charge in [-0.2, -0.15) is 5.10 Å². The largest absolute Gasteiger partial charge is 0.490 e. The van der Waals surface area contributed by atoms with Crippen LogP contribution in [0.25, 0.3) is 0 Å². The second kappa shape index (κ2) is 9.70. The molecule has 2 atom stereocenters. The predicted molar refractivity (Wildman–Crippen MR) is 115 cm³/mol. The van der Waals surface area contributed by atoms with Crippen molar-refractivity contribution in [1.82, 2.24) is 19.6 Å². The van der Waals surface area contributed by atoms with Crippen molar-refractivity contribution in [3.63, 3.8) is 0 Å². The summed E-state index contributed by atoms with van der Waals surface area (Å²) in [6.45, 7) is 3.36. The van der Waals surface area contributed by atoms with Crippen LogP contribution in [0.2, 0.25) is 5.02 Å². The van der Waals surface area contributed by atoms with Gasteiger partial charge in [-0.25, -0.2) is 0 Å². The normalized spacial score (nSPS) is 21.7. The third kappa shape index (κ3) is 5.37. The zero-order chi connectivity index (χ0) is 21.8. The molecule has 3 heterocycles. The molecule has 2 aromatic rings. The second-order valence-corrected chi connectivity index (χ2v) is 8.45. The SMILES string of the molecule is Cn1cc(C(=O)N2CC[C@H](Oc3ccc(Cl)cc3)[C@@H](CC(=O)N3CCOCC3)C2)cn1. The van der Waals surface area contributed by atoms with Gasteiger partial charge in [-0.1, -0.05) is 11.6 Å². The highest BCUT2D eigenvalue weighted by Gasteiger charge is 2.36. The molecule has 166 valence electrons. The number of aryl methyl sites for hydroxylation is 1. The molecule has 1 aromatic heterocycles. The van der Waals surface area contributed by atoms with Crippen molar-refractivity contribution in [2.75, 3.05) is 39.4 Å². The van der Waals surface area contributed by atoms with Crippen LogP contribution < -0.4 is 4.74 Å². The number of hydrogen-bond donors (Lipinski definition) is 0. The van der Waals surface area contributed by atoms with Crippen LogP contribution in [0.15, 0.2) is 36.7 Å². The zero-order valence-electron chi connectivity index (χ0n) is 17.6. The number of carbonyl (C=O) groups is 2. The highest BCUT2D eigenvalue weighted by molar-refractivity contribution is 6.30. The van der Waals surface area contributed by atoms with Crippen LogP contribution in [0.3, 0.4) is 0 Å². The minimum Gasteiger partial charge on any atom is -0.490 e. The number of piperidine rings is 1. The Kier molecular flexibility index (Phi) is 6.77. The Labute approximate surface area is 186 Å². The summed E-state index contributed by atoms with van der Waals surface area (Å²) in [4.78, 5) is 29.5. The highest BCUT2D eigenvalue weighted by atomic mass is 35.5. The number of amides is 2. The first-order chi connectivity index (χ1) is 15.0. The molecule has 0 bridgehead atoms. The molecule has 2 aliphatic rings. The summed E-state index contributed by atoms with van der Waals surface area (Å²) >= 11 is 5.98. The van der Waals surface area contributed by atoms with E-state index in [1.54, 1.807) is 41.2 Å². The zero-order valence-corrected chi connectivity index (χ0v) is 18.3. The van der Waals surface area contributed by atoms with E-state index in [0.29, 0.717) is 68.6 Å². The molecule has 1 aromatic carbocycles. The minimum atomic E-state index is -0.163. The second-order valence-electron chi connectivity index (χ2n) is 8.01. The predicted octanol–water partition coefficient (Wildman–Crippen LogP) is 2.23. The van der Waals surface area contributed by atoms with E-state index in [4.69, 9.17) is 21.1 Å². The summed E-state index contributed by atoms with van der Waals surface area (Å²) in [5.41, 5.74) is 0.554. The lowest BCUT2D eigenvalue weighted by Crippen LogP contribution is -2.50. The summed E-state index contributed by atoms with van der Waals surface area (Å²) in [5.74, 6) is 0.612. The number of carbonyl (C=O) groups excluding carboxylic acids is 2. The van der Waals surface area contributed by atoms with Crippen molar-refractivity contribution in [3.8, 4) is 5.75 Å². The molecular weight excluding hydrogens is 420 g/mol. The van der Waals surface area contributed by atoms with Gasteiger partial charge in [0.15, 0.2) is 0 Å². The molecule has 0 spiro atoms. The van der Waals surface area contributed by atoms with Crippen molar-refractivity contribution < 1.29 is 19.1 Å². The van der Waals surface area contributed by atoms with Gasteiger partial charge in [-0.05, 0) is 24.3 Å². The molecule has 9 heteroatoms. The van der Waals surface area contributed by atoms with Gasteiger partial charge in [-0.15, -0.1) is 0 Å². The number of nitrogens with zero attached hydrogens (tertiary/aromatic N) is 4. The molecule has 2 aliphatic heterocycles. The van der Waals surface area contributed by atoms with Crippen LogP contribution in [0.5, 0.6) is 5.75 Å². The van der Waals surface area contributed by atoms with Crippen molar-refractivity contribution >= 4 is 23.4 Å². The molecule has 0 radical (unpaired) electrons. The van der Waals surface area contributed by atoms with Crippen LogP contribution in [0.1, 0.15) is 23.2 Å². The van der Waals surface area contributed by atoms with Gasteiger partial charge in [0.2, 0.25) is 5.91 Å². The third-order valence-electron chi connectivity index (χ3n) is 5.80. The van der Waals surface area contributed by atoms with Crippen molar-refractivity contribution in [2.24, 2.45) is 13.0 Å². The molecule has 0 unspecified atom stereocenters. The van der Waals surface area contributed by atoms with Gasteiger partial charge in [0.1, 0.15) is 11.9 Å². The van der Waals surface area contributed by atoms with E-state index in [9.17, 15) is 9.59 Å². The fourth-order valence-electron chi connectivity index (χ4n) is 4.11. The number of hydrogen-bond acceptors (Lipinski definition) is 5. The summed E-state index contributed by atoms with van der Waals surface area (Å²) in [7, 11) is 1.78. The molecule has 8 nitrogen and oxygen atoms in total. The lowest BCUT2D eigenvalue weighted by atomic mass is 9.90. The Morgan fingerprint density at radius 2 is 1.90 bits per heavy atom. The highest BCUT2D eigenvalue weighted by Crippen LogP contribution is 2.28. The third-order valence-corrected chi connectivity index (χ3v) is 6.06. The van der Waals surface area contributed by atoms with Crippen LogP contribution in [0.4, 0.5) is 0 Å². The van der Waals surface area contributed by atoms with E-state index in [1.807, 2.05) is 17.0 Å². The van der Waals surface area contributed by atoms with E-state index in [0.717, 1.165) is 0 Å². The van der Waals surface area contributed by atoms with Gasteiger partial charge in [0.25, 0.3) is 5.91 Å². The Morgan fingerprint density at radius 3 is 2.58 bits per heavy atom. The van der Waals surface area contributed by atoms with Gasteiger partial charge >= 0.3 is 0 Å². The number of benzene rings is 1. The van der Waals surface area contributed by atoms with Crippen LogP contribution in [-0.4, -0.2) is 76.9 Å². The maximum atomic E-state index is 13.0. The van der Waals surface area contributed by atoms with E-state index in [2.05, 4.69) is 5.10 Å². The molecule has 0 aliphatic carbocycles. The summed E-state index contributed by atoms with van der Waals surface area (Å²) in [5, 5.41) is 4.74. The van der Waals surface area contributed by atoms with Crippen LogP contribution in [-0.2, 0) is 16.6 Å². The molecular formula is C22H27ClN4O4. The van der Waals surface area contributed by atoms with Crippen molar-refractivity contribution in [2.45, 2.75) is 18.9 Å². The van der Waals surface area contributed by atoms with E-state index in [-0.39, 0.29) is 23.8 Å². The summed E-state index contributed by atoms with van der Waals surface area (Å²) < 4.78 is 13.2. The van der Waals surface area contributed by atoms with Crippen LogP contribution >= 0.6 is 11.6 Å². The average molecular weight is 447 g/mol. The van der Waals surface area contributed by atoms with E-state index >= 15 is 0 Å². The smallest absolute Gasteiger partial charge is 0.257 e. The van der Waals surface area contributed by atoms with E-state index < -0.39 is 0 Å². The lowest BCUT2D eigenvalue weighted by molar-refractivity contribution is -0.137. The van der Waals surface area contributed by atoms with Gasteiger partial charge < -0.3 is 19.3 Å². The number of morpholine rings is 1. The Hall–Kier alpha value is -2.58. The summed E-state index contributed by atoms with van der Waals surface area (Å²) in [6, 6.07) is 7.23. The molecule has 31 heavy (non-hydrogen) atoms. The molecule has 2 amide bonds. The molecule has 0 saturated carbocycles. The average Bonchev–Trinajstić information content (AvgIpc) is 3.22. The minimum absolute atomic E-state index is 0.0677. The number of rotatable bonds is 5. The van der Waals surface area contributed by atoms with Crippen molar-refractivity contribution in [3.05, 3.63) is 47.2 Å². The molecule has 0 N–H and O–H groups in total. The Balaban J connectivity index is 1.48. The number of aromatic nitrogens is 2. The van der Waals surface area contributed by atoms with Gasteiger partial charge in [0, 0.05) is 63.2 Å². The lowest BCUT2D eigenvalue weighted by Gasteiger charge is -2.39. The Bertz CT molecular complexity index is 910. The molecule has 4 rings (SSSR count). The maximum Gasteiger partial charge on any atom is 0.257 e. The maximum absolute atomic E-state index is 13.0. The van der Waals surface area contributed by atoms with Gasteiger partial charge in [-0.3, -0.25) is 14.3 Å². The Morgan fingerprint density at radius 1 is 1.16 bits per heavy atom. The topological polar surface area (TPSA) is 76.9 Å². The monoisotopic (exact) mass is 446 g/mol. The van der Waals surface area contributed by atoms with Gasteiger partial charge in [0.05, 0.1) is 25.0 Å². The first-order valence-corrected chi connectivity index (χ1v) is 10.9. The van der Waals surface area contributed by atoms with E-state index in [1.165, 1.54) is 0 Å². The number of likely N-dealkylation sites (tertiary alicyclic amines) is 1. The standard InChI is InChI=1S/C22H27ClN4O4/c1-25-14-17(13-24-25)22(29)27-7-6-20(31-19-4-2-18(23)3-5-19)16(15-27)12-21(28)26-8-10-30-11-9-26/h2-5,13-14,16,20H,6-12,15H2,1H3/t16-,20-/m0/s1. The molecule has 2 fully saturated rings. The fraction of sp³-hybridized carbons (Fsp3) is 0.500.